The maximum atomic E-state index is 3.53. The molecule has 1 heteroatoms. The van der Waals surface area contributed by atoms with Crippen molar-refractivity contribution < 1.29 is 0 Å². The van der Waals surface area contributed by atoms with Crippen LogP contribution in [0.25, 0.3) is 0 Å². The molecule has 0 radical (unpaired) electrons. The third kappa shape index (κ3) is 6.88. The summed E-state index contributed by atoms with van der Waals surface area (Å²) in [7, 11) is 0. The molecule has 0 bridgehead atoms. The number of hydrogen-bond acceptors (Lipinski definition) is 1. The minimum atomic E-state index is 0.256. The number of rotatable bonds is 5. The fraction of sp³-hybridized carbons (Fsp3) is 0.875. The molecule has 1 fully saturated rings. The minimum Gasteiger partial charge on any atom is -0.312 e. The van der Waals surface area contributed by atoms with Crippen molar-refractivity contribution in [2.24, 2.45) is 11.8 Å². The quantitative estimate of drug-likeness (QED) is 0.547. The monoisotopic (exact) mass is 237 g/mol. The highest BCUT2D eigenvalue weighted by Gasteiger charge is 2.18. The van der Waals surface area contributed by atoms with Gasteiger partial charge in [0.2, 0.25) is 0 Å². The Labute approximate surface area is 108 Å². The molecule has 1 N–H and O–H groups in total. The van der Waals surface area contributed by atoms with E-state index in [0.29, 0.717) is 0 Å². The van der Waals surface area contributed by atoms with E-state index >= 15 is 0 Å². The first-order chi connectivity index (χ1) is 8.01. The van der Waals surface area contributed by atoms with Gasteiger partial charge >= 0.3 is 0 Å². The Morgan fingerprint density at radius 2 is 2.00 bits per heavy atom. The van der Waals surface area contributed by atoms with Crippen molar-refractivity contribution in [3.05, 3.63) is 12.2 Å². The molecule has 0 amide bonds. The summed E-state index contributed by atoms with van der Waals surface area (Å²) in [6, 6.07) is 0. The number of nitrogens with one attached hydrogen (secondary N) is 1. The van der Waals surface area contributed by atoms with Gasteiger partial charge in [0.15, 0.2) is 0 Å². The smallest absolute Gasteiger partial charge is 0.00966 e. The molecule has 0 spiro atoms. The molecule has 2 unspecified atom stereocenters. The summed E-state index contributed by atoms with van der Waals surface area (Å²) in [4.78, 5) is 0. The SMILES string of the molecule is CCC1CCCC(/C=C/CCNC(C)(C)C)C1. The summed E-state index contributed by atoms with van der Waals surface area (Å²) >= 11 is 0. The van der Waals surface area contributed by atoms with Crippen LogP contribution in [-0.2, 0) is 0 Å². The zero-order valence-corrected chi connectivity index (χ0v) is 12.3. The van der Waals surface area contributed by atoms with Gasteiger partial charge in [0.25, 0.3) is 0 Å². The maximum absolute atomic E-state index is 3.53. The lowest BCUT2D eigenvalue weighted by molar-refractivity contribution is 0.297. The lowest BCUT2D eigenvalue weighted by atomic mass is 9.80. The Morgan fingerprint density at radius 3 is 2.65 bits per heavy atom. The minimum absolute atomic E-state index is 0.256. The van der Waals surface area contributed by atoms with E-state index in [1.54, 1.807) is 0 Å². The molecular weight excluding hydrogens is 206 g/mol. The fourth-order valence-electron chi connectivity index (χ4n) is 2.70. The molecule has 0 aromatic carbocycles. The topological polar surface area (TPSA) is 12.0 Å². The van der Waals surface area contributed by atoms with Crippen LogP contribution in [0.3, 0.4) is 0 Å². The summed E-state index contributed by atoms with van der Waals surface area (Å²) < 4.78 is 0. The van der Waals surface area contributed by atoms with E-state index in [4.69, 9.17) is 0 Å². The number of allylic oxidation sites excluding steroid dienone is 1. The van der Waals surface area contributed by atoms with Crippen molar-refractivity contribution in [3.63, 3.8) is 0 Å². The molecule has 0 aromatic heterocycles. The van der Waals surface area contributed by atoms with Gasteiger partial charge < -0.3 is 5.32 Å². The average molecular weight is 237 g/mol. The lowest BCUT2D eigenvalue weighted by Crippen LogP contribution is -2.36. The maximum Gasteiger partial charge on any atom is 0.00966 e. The lowest BCUT2D eigenvalue weighted by Gasteiger charge is -2.26. The molecule has 1 aliphatic rings. The molecule has 1 nitrogen and oxygen atoms in total. The van der Waals surface area contributed by atoms with Crippen molar-refractivity contribution in [2.45, 2.75) is 71.8 Å². The molecule has 2 atom stereocenters. The second-order valence-electron chi connectivity index (χ2n) is 6.59. The molecular formula is C16H31N. The zero-order chi connectivity index (χ0) is 12.7. The Kier molecular flexibility index (Phi) is 6.26. The molecule has 0 saturated heterocycles. The third-order valence-electron chi connectivity index (χ3n) is 3.78. The van der Waals surface area contributed by atoms with Crippen molar-refractivity contribution in [2.75, 3.05) is 6.54 Å². The van der Waals surface area contributed by atoms with Gasteiger partial charge in [0.1, 0.15) is 0 Å². The molecule has 1 aliphatic carbocycles. The molecule has 0 heterocycles. The Hall–Kier alpha value is -0.300. The standard InChI is InChI=1S/C16H31N/c1-5-14-10-8-11-15(13-14)9-6-7-12-17-16(2,3)4/h6,9,14-15,17H,5,7-8,10-13H2,1-4H3/b9-6+. The van der Waals surface area contributed by atoms with E-state index in [2.05, 4.69) is 45.2 Å². The highest BCUT2D eigenvalue weighted by atomic mass is 14.9. The van der Waals surface area contributed by atoms with E-state index in [0.717, 1.165) is 18.4 Å². The Bertz CT molecular complexity index is 224. The normalized spacial score (nSPS) is 26.6. The van der Waals surface area contributed by atoms with Crippen LogP contribution in [0.5, 0.6) is 0 Å². The van der Waals surface area contributed by atoms with E-state index in [9.17, 15) is 0 Å². The van der Waals surface area contributed by atoms with Crippen molar-refractivity contribution in [3.8, 4) is 0 Å². The zero-order valence-electron chi connectivity index (χ0n) is 12.3. The highest BCUT2D eigenvalue weighted by Crippen LogP contribution is 2.31. The van der Waals surface area contributed by atoms with Gasteiger partial charge in [0, 0.05) is 5.54 Å². The molecule has 1 rings (SSSR count). The molecule has 1 saturated carbocycles. The first-order valence-corrected chi connectivity index (χ1v) is 7.43. The fourth-order valence-corrected chi connectivity index (χ4v) is 2.70. The molecule has 100 valence electrons. The highest BCUT2D eigenvalue weighted by molar-refractivity contribution is 4.92. The van der Waals surface area contributed by atoms with Crippen LogP contribution in [0, 0.1) is 11.8 Å². The molecule has 17 heavy (non-hydrogen) atoms. The third-order valence-corrected chi connectivity index (χ3v) is 3.78. The van der Waals surface area contributed by atoms with Gasteiger partial charge in [-0.15, -0.1) is 0 Å². The predicted molar refractivity (Wildman–Crippen MR) is 77.3 cm³/mol. The van der Waals surface area contributed by atoms with Crippen molar-refractivity contribution in [1.29, 1.82) is 0 Å². The second kappa shape index (κ2) is 7.20. The summed E-state index contributed by atoms with van der Waals surface area (Å²) in [6.45, 7) is 10.1. The van der Waals surface area contributed by atoms with E-state index in [1.807, 2.05) is 0 Å². The summed E-state index contributed by atoms with van der Waals surface area (Å²) in [5, 5.41) is 3.53. The molecule has 0 aliphatic heterocycles. The predicted octanol–water partition coefficient (Wildman–Crippen LogP) is 4.54. The van der Waals surface area contributed by atoms with Gasteiger partial charge in [-0.25, -0.2) is 0 Å². The van der Waals surface area contributed by atoms with Gasteiger partial charge in [-0.05, 0) is 58.4 Å². The van der Waals surface area contributed by atoms with E-state index < -0.39 is 0 Å². The van der Waals surface area contributed by atoms with E-state index in [-0.39, 0.29) is 5.54 Å². The van der Waals surface area contributed by atoms with Gasteiger partial charge in [-0.1, -0.05) is 38.3 Å². The van der Waals surface area contributed by atoms with Gasteiger partial charge in [-0.2, -0.15) is 0 Å². The van der Waals surface area contributed by atoms with Crippen LogP contribution in [0.4, 0.5) is 0 Å². The summed E-state index contributed by atoms with van der Waals surface area (Å²) in [5.74, 6) is 1.86. The van der Waals surface area contributed by atoms with Gasteiger partial charge in [0.05, 0.1) is 0 Å². The van der Waals surface area contributed by atoms with Crippen molar-refractivity contribution in [1.82, 2.24) is 5.32 Å². The Balaban J connectivity index is 2.15. The average Bonchev–Trinajstić information content (AvgIpc) is 2.27. The summed E-state index contributed by atoms with van der Waals surface area (Å²) in [6.07, 6.45) is 13.2. The van der Waals surface area contributed by atoms with Crippen LogP contribution in [0.2, 0.25) is 0 Å². The summed E-state index contributed by atoms with van der Waals surface area (Å²) in [5.41, 5.74) is 0.256. The van der Waals surface area contributed by atoms with Crippen LogP contribution < -0.4 is 5.32 Å². The van der Waals surface area contributed by atoms with Crippen LogP contribution in [0.1, 0.15) is 66.2 Å². The van der Waals surface area contributed by atoms with Crippen LogP contribution >= 0.6 is 0 Å². The Morgan fingerprint density at radius 1 is 1.24 bits per heavy atom. The number of hydrogen-bond donors (Lipinski definition) is 1. The second-order valence-corrected chi connectivity index (χ2v) is 6.59. The largest absolute Gasteiger partial charge is 0.312 e. The van der Waals surface area contributed by atoms with Crippen LogP contribution in [-0.4, -0.2) is 12.1 Å². The first kappa shape index (κ1) is 14.8. The van der Waals surface area contributed by atoms with Gasteiger partial charge in [-0.3, -0.25) is 0 Å². The van der Waals surface area contributed by atoms with E-state index in [1.165, 1.54) is 38.5 Å². The van der Waals surface area contributed by atoms with Crippen LogP contribution in [0.15, 0.2) is 12.2 Å². The van der Waals surface area contributed by atoms with Crippen molar-refractivity contribution >= 4 is 0 Å². The first-order valence-electron chi connectivity index (χ1n) is 7.43. The molecule has 0 aromatic rings.